The number of fused-ring (bicyclic) bond motifs is 1. The Kier molecular flexibility index (Phi) is 3.04. The van der Waals surface area contributed by atoms with Gasteiger partial charge in [-0.25, -0.2) is 0 Å². The van der Waals surface area contributed by atoms with Gasteiger partial charge in [0.2, 0.25) is 11.8 Å². The lowest BCUT2D eigenvalue weighted by Crippen LogP contribution is -2.50. The lowest BCUT2D eigenvalue weighted by molar-refractivity contribution is -0.137. The lowest BCUT2D eigenvalue weighted by atomic mass is 9.98. The first-order valence-electron chi connectivity index (χ1n) is 7.19. The Balaban J connectivity index is 1.54. The molecule has 4 nitrogen and oxygen atoms in total. The van der Waals surface area contributed by atoms with Crippen LogP contribution in [0.2, 0.25) is 0 Å². The zero-order chi connectivity index (χ0) is 12.7. The minimum absolute atomic E-state index is 0.0106. The van der Waals surface area contributed by atoms with Crippen LogP contribution in [-0.2, 0) is 9.59 Å². The Morgan fingerprint density at radius 3 is 2.56 bits per heavy atom. The molecule has 3 atom stereocenters. The van der Waals surface area contributed by atoms with E-state index < -0.39 is 0 Å². The molecule has 2 amide bonds. The van der Waals surface area contributed by atoms with Crippen LogP contribution in [0.3, 0.4) is 0 Å². The number of amides is 2. The Labute approximate surface area is 108 Å². The van der Waals surface area contributed by atoms with Gasteiger partial charge in [-0.1, -0.05) is 0 Å². The quantitative estimate of drug-likeness (QED) is 0.799. The van der Waals surface area contributed by atoms with E-state index in [1.165, 1.54) is 6.42 Å². The van der Waals surface area contributed by atoms with Crippen LogP contribution in [0.4, 0.5) is 0 Å². The largest absolute Gasteiger partial charge is 0.352 e. The minimum atomic E-state index is 0.0106. The summed E-state index contributed by atoms with van der Waals surface area (Å²) in [5, 5.41) is 2.94. The Bertz CT molecular complexity index is 359. The van der Waals surface area contributed by atoms with Gasteiger partial charge >= 0.3 is 0 Å². The van der Waals surface area contributed by atoms with E-state index in [0.29, 0.717) is 12.5 Å². The normalized spacial score (nSPS) is 38.2. The van der Waals surface area contributed by atoms with Crippen molar-refractivity contribution in [2.24, 2.45) is 17.8 Å². The molecule has 0 spiro atoms. The van der Waals surface area contributed by atoms with Gasteiger partial charge < -0.3 is 10.2 Å². The number of nitrogens with one attached hydrogen (secondary N) is 1. The summed E-state index contributed by atoms with van der Waals surface area (Å²) in [6.45, 7) is 3.14. The molecule has 100 valence electrons. The van der Waals surface area contributed by atoms with Gasteiger partial charge in [-0.05, 0) is 43.9 Å². The smallest absolute Gasteiger partial charge is 0.225 e. The highest BCUT2D eigenvalue weighted by Gasteiger charge is 2.49. The van der Waals surface area contributed by atoms with Crippen molar-refractivity contribution in [2.75, 3.05) is 13.1 Å². The van der Waals surface area contributed by atoms with Crippen LogP contribution in [0.25, 0.3) is 0 Å². The van der Waals surface area contributed by atoms with Gasteiger partial charge in [0.05, 0.1) is 0 Å². The summed E-state index contributed by atoms with van der Waals surface area (Å²) < 4.78 is 0. The standard InChI is InChI=1S/C14H22N2O2/c1-9(17)15-13-3-2-4-16(8-13)14(18)12-6-10-5-11(10)7-12/h10-13H,2-8H2,1H3,(H,15,17). The molecule has 2 aliphatic carbocycles. The molecule has 2 saturated carbocycles. The van der Waals surface area contributed by atoms with Crippen molar-refractivity contribution in [3.05, 3.63) is 0 Å². The average molecular weight is 250 g/mol. The molecular weight excluding hydrogens is 228 g/mol. The zero-order valence-electron chi connectivity index (χ0n) is 11.0. The van der Waals surface area contributed by atoms with E-state index in [1.807, 2.05) is 4.90 Å². The second-order valence-electron chi connectivity index (χ2n) is 6.25. The maximum Gasteiger partial charge on any atom is 0.225 e. The van der Waals surface area contributed by atoms with Crippen molar-refractivity contribution < 1.29 is 9.59 Å². The number of piperidine rings is 1. The second kappa shape index (κ2) is 4.56. The van der Waals surface area contributed by atoms with Crippen molar-refractivity contribution in [3.63, 3.8) is 0 Å². The van der Waals surface area contributed by atoms with Crippen LogP contribution < -0.4 is 5.32 Å². The van der Waals surface area contributed by atoms with Crippen LogP contribution in [-0.4, -0.2) is 35.8 Å². The van der Waals surface area contributed by atoms with E-state index in [2.05, 4.69) is 5.32 Å². The fourth-order valence-corrected chi connectivity index (χ4v) is 3.76. The first-order chi connectivity index (χ1) is 8.63. The predicted octanol–water partition coefficient (Wildman–Crippen LogP) is 1.16. The average Bonchev–Trinajstić information content (AvgIpc) is 2.95. The fraction of sp³-hybridized carbons (Fsp3) is 0.857. The molecule has 3 aliphatic rings. The molecule has 1 saturated heterocycles. The van der Waals surface area contributed by atoms with Crippen LogP contribution in [0, 0.1) is 17.8 Å². The summed E-state index contributed by atoms with van der Waals surface area (Å²) >= 11 is 0. The molecule has 0 aromatic heterocycles. The predicted molar refractivity (Wildman–Crippen MR) is 67.7 cm³/mol. The van der Waals surface area contributed by atoms with Gasteiger partial charge in [-0.3, -0.25) is 9.59 Å². The number of nitrogens with zero attached hydrogens (tertiary/aromatic N) is 1. The second-order valence-corrected chi connectivity index (χ2v) is 6.25. The maximum atomic E-state index is 12.4. The topological polar surface area (TPSA) is 49.4 Å². The molecule has 3 rings (SSSR count). The maximum absolute atomic E-state index is 12.4. The summed E-state index contributed by atoms with van der Waals surface area (Å²) in [5.41, 5.74) is 0. The molecule has 3 fully saturated rings. The summed E-state index contributed by atoms with van der Waals surface area (Å²) in [6, 6.07) is 0.163. The van der Waals surface area contributed by atoms with E-state index in [0.717, 1.165) is 44.1 Å². The van der Waals surface area contributed by atoms with Crippen LogP contribution in [0.5, 0.6) is 0 Å². The molecule has 0 radical (unpaired) electrons. The van der Waals surface area contributed by atoms with Crippen molar-refractivity contribution in [2.45, 2.75) is 45.1 Å². The molecule has 4 heteroatoms. The van der Waals surface area contributed by atoms with E-state index in [1.54, 1.807) is 6.92 Å². The highest BCUT2D eigenvalue weighted by atomic mass is 16.2. The lowest BCUT2D eigenvalue weighted by Gasteiger charge is -2.34. The molecule has 1 N–H and O–H groups in total. The van der Waals surface area contributed by atoms with Crippen LogP contribution in [0.1, 0.15) is 39.0 Å². The highest BCUT2D eigenvalue weighted by Crippen LogP contribution is 2.54. The third-order valence-electron chi connectivity index (χ3n) is 4.73. The van der Waals surface area contributed by atoms with E-state index in [9.17, 15) is 9.59 Å². The summed E-state index contributed by atoms with van der Waals surface area (Å²) in [4.78, 5) is 25.5. The van der Waals surface area contributed by atoms with Crippen LogP contribution in [0.15, 0.2) is 0 Å². The van der Waals surface area contributed by atoms with Crippen molar-refractivity contribution >= 4 is 11.8 Å². The number of hydrogen-bond donors (Lipinski definition) is 1. The zero-order valence-corrected chi connectivity index (χ0v) is 11.0. The number of likely N-dealkylation sites (tertiary alicyclic amines) is 1. The summed E-state index contributed by atoms with van der Waals surface area (Å²) in [5.74, 6) is 2.35. The van der Waals surface area contributed by atoms with Crippen LogP contribution >= 0.6 is 0 Å². The molecule has 0 aromatic carbocycles. The minimum Gasteiger partial charge on any atom is -0.352 e. The number of hydrogen-bond acceptors (Lipinski definition) is 2. The third-order valence-corrected chi connectivity index (χ3v) is 4.73. The Hall–Kier alpha value is -1.06. The van der Waals surface area contributed by atoms with Crippen molar-refractivity contribution in [3.8, 4) is 0 Å². The van der Waals surface area contributed by atoms with Gasteiger partial charge in [0.15, 0.2) is 0 Å². The third kappa shape index (κ3) is 2.38. The molecule has 18 heavy (non-hydrogen) atoms. The van der Waals surface area contributed by atoms with Gasteiger partial charge in [0.1, 0.15) is 0 Å². The van der Waals surface area contributed by atoms with Crippen molar-refractivity contribution in [1.82, 2.24) is 10.2 Å². The number of carbonyl (C=O) groups is 2. The van der Waals surface area contributed by atoms with Crippen molar-refractivity contribution in [1.29, 1.82) is 0 Å². The highest BCUT2D eigenvalue weighted by molar-refractivity contribution is 5.80. The van der Waals surface area contributed by atoms with Gasteiger partial charge in [-0.15, -0.1) is 0 Å². The SMILES string of the molecule is CC(=O)NC1CCCN(C(=O)C2CC3CC3C2)C1. The number of carbonyl (C=O) groups excluding carboxylic acids is 2. The molecular formula is C14H22N2O2. The molecule has 0 bridgehead atoms. The van der Waals surface area contributed by atoms with Gasteiger partial charge in [0.25, 0.3) is 0 Å². The monoisotopic (exact) mass is 250 g/mol. The first-order valence-corrected chi connectivity index (χ1v) is 7.19. The molecule has 3 unspecified atom stereocenters. The molecule has 1 aliphatic heterocycles. The van der Waals surface area contributed by atoms with Gasteiger partial charge in [0, 0.05) is 32.0 Å². The van der Waals surface area contributed by atoms with E-state index in [-0.39, 0.29) is 17.9 Å². The summed E-state index contributed by atoms with van der Waals surface area (Å²) in [7, 11) is 0. The Morgan fingerprint density at radius 1 is 1.17 bits per heavy atom. The fourth-order valence-electron chi connectivity index (χ4n) is 3.76. The van der Waals surface area contributed by atoms with Gasteiger partial charge in [-0.2, -0.15) is 0 Å². The Morgan fingerprint density at radius 2 is 1.89 bits per heavy atom. The number of rotatable bonds is 2. The molecule has 0 aromatic rings. The summed E-state index contributed by atoms with van der Waals surface area (Å²) in [6.07, 6.45) is 5.60. The first kappa shape index (κ1) is 12.0. The molecule has 1 heterocycles. The van der Waals surface area contributed by atoms with E-state index >= 15 is 0 Å². The van der Waals surface area contributed by atoms with E-state index in [4.69, 9.17) is 0 Å².